The van der Waals surface area contributed by atoms with Gasteiger partial charge in [0.1, 0.15) is 0 Å². The van der Waals surface area contributed by atoms with E-state index in [1.54, 1.807) is 26.1 Å². The molecule has 1 aromatic rings. The first-order valence-electron chi connectivity index (χ1n) is 6.19. The molecule has 0 spiro atoms. The minimum Gasteiger partial charge on any atom is -0.380 e. The van der Waals surface area contributed by atoms with Gasteiger partial charge in [-0.3, -0.25) is 4.79 Å². The maximum atomic E-state index is 12.4. The molecule has 0 unspecified atom stereocenters. The third-order valence-corrected chi connectivity index (χ3v) is 3.38. The third-order valence-electron chi connectivity index (χ3n) is 2.85. The van der Waals surface area contributed by atoms with E-state index in [-0.39, 0.29) is 5.91 Å². The fourth-order valence-corrected chi connectivity index (χ4v) is 2.11. The molecule has 1 rings (SSSR count). The monoisotopic (exact) mass is 325 g/mol. The quantitative estimate of drug-likeness (QED) is 0.777. The van der Waals surface area contributed by atoms with Gasteiger partial charge in [-0.2, -0.15) is 0 Å². The number of carbonyl (C=O) groups excluding carboxylic acids is 1. The Morgan fingerprint density at radius 2 is 1.84 bits per heavy atom. The molecule has 0 aliphatic heterocycles. The summed E-state index contributed by atoms with van der Waals surface area (Å²) in [5, 5.41) is 0. The first-order valence-corrected chi connectivity index (χ1v) is 6.99. The molecule has 0 radical (unpaired) electrons. The topological polar surface area (TPSA) is 29.5 Å². The van der Waals surface area contributed by atoms with Gasteiger partial charge in [0.2, 0.25) is 0 Å². The summed E-state index contributed by atoms with van der Waals surface area (Å²) in [4.78, 5) is 14.0. The highest BCUT2D eigenvalue weighted by Crippen LogP contribution is 2.24. The highest BCUT2D eigenvalue weighted by atomic mass is 79.9. The maximum Gasteiger partial charge on any atom is 0.253 e. The van der Waals surface area contributed by atoms with Crippen LogP contribution in [0.5, 0.6) is 0 Å². The Morgan fingerprint density at radius 3 is 2.26 bits per heavy atom. The van der Waals surface area contributed by atoms with Gasteiger partial charge in [0.15, 0.2) is 0 Å². The predicted molar refractivity (Wildman–Crippen MR) is 81.9 cm³/mol. The summed E-state index contributed by atoms with van der Waals surface area (Å²) in [6.45, 7) is 2.51. The average Bonchev–Trinajstić information content (AvgIpc) is 2.39. The zero-order valence-electron chi connectivity index (χ0n) is 11.9. The molecule has 0 saturated heterocycles. The lowest BCUT2D eigenvalue weighted by Crippen LogP contribution is -2.24. The molecule has 1 amide bonds. The minimum absolute atomic E-state index is 0.0104. The van der Waals surface area contributed by atoms with Crippen LogP contribution in [-0.4, -0.2) is 38.6 Å². The molecule has 0 N–H and O–H groups in total. The Hall–Kier alpha value is -1.13. The van der Waals surface area contributed by atoms with E-state index >= 15 is 0 Å². The van der Waals surface area contributed by atoms with Gasteiger partial charge in [-0.25, -0.2) is 0 Å². The third kappa shape index (κ3) is 4.18. The van der Waals surface area contributed by atoms with E-state index in [9.17, 15) is 4.79 Å². The van der Waals surface area contributed by atoms with Gasteiger partial charge < -0.3 is 9.64 Å². The van der Waals surface area contributed by atoms with Crippen molar-refractivity contribution in [1.82, 2.24) is 4.90 Å². The molecular weight excluding hydrogens is 306 g/mol. The fourth-order valence-electron chi connectivity index (χ4n) is 1.84. The molecule has 0 aliphatic rings. The van der Waals surface area contributed by atoms with E-state index in [0.29, 0.717) is 6.61 Å². The van der Waals surface area contributed by atoms with Crippen molar-refractivity contribution in [1.29, 1.82) is 0 Å². The molecule has 19 heavy (non-hydrogen) atoms. The zero-order valence-corrected chi connectivity index (χ0v) is 13.5. The molecule has 0 fully saturated rings. The summed E-state index contributed by atoms with van der Waals surface area (Å²) in [6.07, 6.45) is 0.790. The van der Waals surface area contributed by atoms with Crippen LogP contribution in [0.1, 0.15) is 18.9 Å². The van der Waals surface area contributed by atoms with Crippen LogP contribution in [0.15, 0.2) is 34.3 Å². The molecule has 4 heteroatoms. The highest BCUT2D eigenvalue weighted by Gasteiger charge is 2.18. The highest BCUT2D eigenvalue weighted by molar-refractivity contribution is 9.10. The number of benzene rings is 1. The number of carbonyl (C=O) groups is 1. The SMILES string of the molecule is CC/C(COC)=C(\C(=O)N(C)C)c1ccc(Br)cc1. The molecule has 0 atom stereocenters. The van der Waals surface area contributed by atoms with Crippen LogP contribution in [0.4, 0.5) is 0 Å². The Bertz CT molecular complexity index is 464. The van der Waals surface area contributed by atoms with Gasteiger partial charge >= 0.3 is 0 Å². The van der Waals surface area contributed by atoms with E-state index in [2.05, 4.69) is 15.9 Å². The fraction of sp³-hybridized carbons (Fsp3) is 0.400. The Labute approximate surface area is 123 Å². The minimum atomic E-state index is 0.0104. The Morgan fingerprint density at radius 1 is 1.26 bits per heavy atom. The lowest BCUT2D eigenvalue weighted by molar-refractivity contribution is -0.122. The van der Waals surface area contributed by atoms with Gasteiger partial charge in [-0.05, 0) is 29.7 Å². The summed E-state index contributed by atoms with van der Waals surface area (Å²) in [6, 6.07) is 7.79. The van der Waals surface area contributed by atoms with Crippen molar-refractivity contribution in [3.63, 3.8) is 0 Å². The van der Waals surface area contributed by atoms with Crippen LogP contribution >= 0.6 is 15.9 Å². The van der Waals surface area contributed by atoms with E-state index in [1.807, 2.05) is 31.2 Å². The standard InChI is InChI=1S/C15H20BrNO2/c1-5-11(10-19-4)14(15(18)17(2)3)12-6-8-13(16)9-7-12/h6-9H,5,10H2,1-4H3/b14-11+. The number of likely N-dealkylation sites (N-methyl/N-ethyl adjacent to an activating group) is 1. The number of methoxy groups -OCH3 is 1. The molecule has 0 heterocycles. The second-order valence-corrected chi connectivity index (χ2v) is 5.39. The largest absolute Gasteiger partial charge is 0.380 e. The van der Waals surface area contributed by atoms with Gasteiger partial charge in [-0.15, -0.1) is 0 Å². The van der Waals surface area contributed by atoms with E-state index in [4.69, 9.17) is 4.74 Å². The van der Waals surface area contributed by atoms with Crippen LogP contribution in [0.25, 0.3) is 5.57 Å². The summed E-state index contributed by atoms with van der Waals surface area (Å²) in [7, 11) is 5.18. The van der Waals surface area contributed by atoms with Crippen molar-refractivity contribution < 1.29 is 9.53 Å². The molecule has 1 aromatic carbocycles. The van der Waals surface area contributed by atoms with Crippen molar-refractivity contribution in [2.24, 2.45) is 0 Å². The number of halogens is 1. The summed E-state index contributed by atoms with van der Waals surface area (Å²) in [5.74, 6) is 0.0104. The molecule has 0 aromatic heterocycles. The van der Waals surface area contributed by atoms with E-state index < -0.39 is 0 Å². The summed E-state index contributed by atoms with van der Waals surface area (Å²) in [5.41, 5.74) is 2.68. The number of hydrogen-bond donors (Lipinski definition) is 0. The predicted octanol–water partition coefficient (Wildman–Crippen LogP) is 3.35. The number of nitrogens with zero attached hydrogens (tertiary/aromatic N) is 1. The molecular formula is C15H20BrNO2. The Balaban J connectivity index is 3.33. The van der Waals surface area contributed by atoms with Crippen molar-refractivity contribution in [2.75, 3.05) is 27.8 Å². The normalized spacial score (nSPS) is 12.1. The van der Waals surface area contributed by atoms with Crippen LogP contribution in [0.2, 0.25) is 0 Å². The maximum absolute atomic E-state index is 12.4. The molecule has 3 nitrogen and oxygen atoms in total. The van der Waals surface area contributed by atoms with Gasteiger partial charge in [-0.1, -0.05) is 35.0 Å². The second-order valence-electron chi connectivity index (χ2n) is 4.47. The van der Waals surface area contributed by atoms with Crippen molar-refractivity contribution in [2.45, 2.75) is 13.3 Å². The first-order chi connectivity index (χ1) is 9.01. The number of rotatable bonds is 5. The zero-order chi connectivity index (χ0) is 14.4. The van der Waals surface area contributed by atoms with E-state index in [0.717, 1.165) is 27.6 Å². The molecule has 0 aliphatic carbocycles. The lowest BCUT2D eigenvalue weighted by Gasteiger charge is -2.18. The lowest BCUT2D eigenvalue weighted by atomic mass is 9.97. The van der Waals surface area contributed by atoms with Gasteiger partial charge in [0.05, 0.1) is 6.61 Å². The number of ether oxygens (including phenoxy) is 1. The first kappa shape index (κ1) is 15.9. The van der Waals surface area contributed by atoms with Gasteiger partial charge in [0, 0.05) is 31.3 Å². The van der Waals surface area contributed by atoms with E-state index in [1.165, 1.54) is 0 Å². The number of hydrogen-bond acceptors (Lipinski definition) is 2. The van der Waals surface area contributed by atoms with Crippen molar-refractivity contribution in [3.05, 3.63) is 39.9 Å². The van der Waals surface area contributed by atoms with Crippen LogP contribution < -0.4 is 0 Å². The molecule has 0 saturated carbocycles. The Kier molecular flexibility index (Phi) is 6.25. The average molecular weight is 326 g/mol. The van der Waals surface area contributed by atoms with Crippen LogP contribution in [-0.2, 0) is 9.53 Å². The van der Waals surface area contributed by atoms with Crippen molar-refractivity contribution >= 4 is 27.4 Å². The van der Waals surface area contributed by atoms with Crippen molar-refractivity contribution in [3.8, 4) is 0 Å². The van der Waals surface area contributed by atoms with Crippen LogP contribution in [0.3, 0.4) is 0 Å². The smallest absolute Gasteiger partial charge is 0.253 e. The molecule has 104 valence electrons. The molecule has 0 bridgehead atoms. The summed E-state index contributed by atoms with van der Waals surface area (Å²) < 4.78 is 6.21. The second kappa shape index (κ2) is 7.46. The van der Waals surface area contributed by atoms with Gasteiger partial charge in [0.25, 0.3) is 5.91 Å². The number of amides is 1. The summed E-state index contributed by atoms with van der Waals surface area (Å²) >= 11 is 3.41. The van der Waals surface area contributed by atoms with Crippen LogP contribution in [0, 0.1) is 0 Å².